The van der Waals surface area contributed by atoms with Crippen molar-refractivity contribution < 1.29 is 24.2 Å². The molecule has 0 aliphatic heterocycles. The van der Waals surface area contributed by atoms with Gasteiger partial charge in [-0.3, -0.25) is 4.79 Å². The maximum atomic E-state index is 10.8. The largest absolute Gasteiger partial charge is 0.497 e. The lowest BCUT2D eigenvalue weighted by Crippen LogP contribution is -2.11. The highest BCUT2D eigenvalue weighted by atomic mass is 17.0. The maximum absolute atomic E-state index is 10.8. The zero-order valence-electron chi connectivity index (χ0n) is 9.12. The number of ether oxygens (including phenoxy) is 2. The third-order valence-corrected chi connectivity index (χ3v) is 1.88. The fraction of sp³-hybridized carbons (Fsp3) is 0.300. The summed E-state index contributed by atoms with van der Waals surface area (Å²) in [5, 5.41) is 8.97. The van der Waals surface area contributed by atoms with E-state index in [1.54, 1.807) is 12.1 Å². The van der Waals surface area contributed by atoms with E-state index in [0.29, 0.717) is 23.3 Å². The van der Waals surface area contributed by atoms with E-state index >= 15 is 0 Å². The highest BCUT2D eigenvalue weighted by Crippen LogP contribution is 2.22. The summed E-state index contributed by atoms with van der Waals surface area (Å²) in [6.07, 6.45) is 0.617. The molecule has 7 nitrogen and oxygen atoms in total. The lowest BCUT2D eigenvalue weighted by atomic mass is 10.2. The van der Waals surface area contributed by atoms with Gasteiger partial charge in [0.2, 0.25) is 0 Å². The van der Waals surface area contributed by atoms with E-state index in [1.807, 2.05) is 0 Å². The number of nitrogens with zero attached hydrogens (tertiary/aromatic N) is 1. The fourth-order valence-corrected chi connectivity index (χ4v) is 1.14. The fourth-order valence-electron chi connectivity index (χ4n) is 1.14. The van der Waals surface area contributed by atoms with Gasteiger partial charge in [-0.2, -0.15) is 0 Å². The van der Waals surface area contributed by atoms with Crippen molar-refractivity contribution >= 4 is 6.29 Å². The van der Waals surface area contributed by atoms with Gasteiger partial charge in [0.05, 0.1) is 12.7 Å². The first-order valence-electron chi connectivity index (χ1n) is 4.70. The third kappa shape index (κ3) is 3.98. The summed E-state index contributed by atoms with van der Waals surface area (Å²) in [6, 6.07) is 4.68. The van der Waals surface area contributed by atoms with Crippen LogP contribution in [0.1, 0.15) is 10.4 Å². The Kier molecular flexibility index (Phi) is 4.74. The number of rotatable bonds is 7. The van der Waals surface area contributed by atoms with Crippen LogP contribution in [0.4, 0.5) is 0 Å². The van der Waals surface area contributed by atoms with Crippen molar-refractivity contribution in [1.29, 1.82) is 0 Å². The molecular weight excluding hydrogens is 230 g/mol. The van der Waals surface area contributed by atoms with Gasteiger partial charge in [0, 0.05) is 0 Å². The average molecular weight is 241 g/mol. The number of methoxy groups -OCH3 is 1. The van der Waals surface area contributed by atoms with E-state index < -0.39 is 5.09 Å². The quantitative estimate of drug-likeness (QED) is 0.307. The zero-order valence-corrected chi connectivity index (χ0v) is 9.12. The van der Waals surface area contributed by atoms with Crippen LogP contribution < -0.4 is 9.47 Å². The van der Waals surface area contributed by atoms with Crippen LogP contribution in [-0.2, 0) is 4.84 Å². The van der Waals surface area contributed by atoms with Crippen molar-refractivity contribution in [2.75, 3.05) is 20.3 Å². The van der Waals surface area contributed by atoms with Gasteiger partial charge in [0.25, 0.3) is 5.09 Å². The summed E-state index contributed by atoms with van der Waals surface area (Å²) in [4.78, 5) is 24.7. The first-order valence-corrected chi connectivity index (χ1v) is 4.70. The summed E-state index contributed by atoms with van der Waals surface area (Å²) in [7, 11) is 1.48. The summed E-state index contributed by atoms with van der Waals surface area (Å²) >= 11 is 0. The Hall–Kier alpha value is -2.31. The first kappa shape index (κ1) is 12.8. The second kappa shape index (κ2) is 6.31. The SMILES string of the molecule is COc1ccc(OCCO[N+](=O)[O-])c(C=O)c1. The van der Waals surface area contributed by atoms with Gasteiger partial charge in [-0.1, -0.05) is 0 Å². The molecule has 1 rings (SSSR count). The van der Waals surface area contributed by atoms with Crippen LogP contribution in [0.3, 0.4) is 0 Å². The number of benzene rings is 1. The van der Waals surface area contributed by atoms with E-state index in [0.717, 1.165) is 0 Å². The molecule has 0 heterocycles. The molecule has 0 radical (unpaired) electrons. The number of carbonyl (C=O) groups excluding carboxylic acids is 1. The third-order valence-electron chi connectivity index (χ3n) is 1.88. The number of aldehydes is 1. The molecule has 0 atom stereocenters. The number of hydrogen-bond donors (Lipinski definition) is 0. The molecule has 0 N–H and O–H groups in total. The standard InChI is InChI=1S/C10H11NO6/c1-15-9-2-3-10(8(6-9)7-12)16-4-5-17-11(13)14/h2-3,6-7H,4-5H2,1H3. The van der Waals surface area contributed by atoms with Crippen LogP contribution in [0.2, 0.25) is 0 Å². The zero-order chi connectivity index (χ0) is 12.7. The predicted molar refractivity (Wildman–Crippen MR) is 56.8 cm³/mol. The van der Waals surface area contributed by atoms with E-state index in [9.17, 15) is 14.9 Å². The smallest absolute Gasteiger partial charge is 0.294 e. The van der Waals surface area contributed by atoms with E-state index in [-0.39, 0.29) is 13.2 Å². The minimum Gasteiger partial charge on any atom is -0.497 e. The van der Waals surface area contributed by atoms with E-state index in [1.165, 1.54) is 13.2 Å². The molecule has 7 heteroatoms. The molecule has 0 amide bonds. The summed E-state index contributed by atoms with van der Waals surface area (Å²) in [6.45, 7) is -0.217. The molecule has 0 spiro atoms. The molecule has 17 heavy (non-hydrogen) atoms. The van der Waals surface area contributed by atoms with Crippen LogP contribution in [0.15, 0.2) is 18.2 Å². The molecule has 0 fully saturated rings. The Morgan fingerprint density at radius 3 is 2.76 bits per heavy atom. The Morgan fingerprint density at radius 1 is 1.41 bits per heavy atom. The lowest BCUT2D eigenvalue weighted by Gasteiger charge is -2.08. The second-order valence-corrected chi connectivity index (χ2v) is 2.93. The van der Waals surface area contributed by atoms with E-state index in [4.69, 9.17) is 9.47 Å². The van der Waals surface area contributed by atoms with Crippen LogP contribution in [0.5, 0.6) is 11.5 Å². The molecule has 92 valence electrons. The topological polar surface area (TPSA) is 87.9 Å². The van der Waals surface area contributed by atoms with Crippen molar-refractivity contribution in [3.05, 3.63) is 33.9 Å². The first-order chi connectivity index (χ1) is 8.17. The summed E-state index contributed by atoms with van der Waals surface area (Å²) in [5.74, 6) is 0.855. The second-order valence-electron chi connectivity index (χ2n) is 2.93. The molecule has 0 aliphatic carbocycles. The highest BCUT2D eigenvalue weighted by Gasteiger charge is 2.05. The Bertz CT molecular complexity index is 406. The van der Waals surface area contributed by atoms with Crippen molar-refractivity contribution in [3.8, 4) is 11.5 Å². The number of hydrogen-bond acceptors (Lipinski definition) is 6. The lowest BCUT2D eigenvalue weighted by molar-refractivity contribution is -0.757. The van der Waals surface area contributed by atoms with E-state index in [2.05, 4.69) is 4.84 Å². The Balaban J connectivity index is 2.58. The van der Waals surface area contributed by atoms with Crippen LogP contribution in [0.25, 0.3) is 0 Å². The normalized spacial score (nSPS) is 9.47. The Labute approximate surface area is 97.0 Å². The van der Waals surface area contributed by atoms with Crippen molar-refractivity contribution in [3.63, 3.8) is 0 Å². The molecule has 0 saturated heterocycles. The molecule has 0 aliphatic rings. The van der Waals surface area contributed by atoms with Gasteiger partial charge < -0.3 is 14.3 Å². The minimum atomic E-state index is -0.905. The molecule has 0 bridgehead atoms. The highest BCUT2D eigenvalue weighted by molar-refractivity contribution is 5.80. The maximum Gasteiger partial charge on any atom is 0.294 e. The van der Waals surface area contributed by atoms with Gasteiger partial charge in [-0.15, -0.1) is 10.1 Å². The monoisotopic (exact) mass is 241 g/mol. The van der Waals surface area contributed by atoms with Gasteiger partial charge in [0.1, 0.15) is 24.7 Å². The van der Waals surface area contributed by atoms with Gasteiger partial charge >= 0.3 is 0 Å². The minimum absolute atomic E-state index is 0.0197. The average Bonchev–Trinajstić information content (AvgIpc) is 2.34. The van der Waals surface area contributed by atoms with Crippen molar-refractivity contribution in [1.82, 2.24) is 0 Å². The molecular formula is C10H11NO6. The van der Waals surface area contributed by atoms with Gasteiger partial charge in [-0.25, -0.2) is 0 Å². The van der Waals surface area contributed by atoms with Gasteiger partial charge in [-0.05, 0) is 18.2 Å². The number of carbonyl (C=O) groups is 1. The molecule has 0 saturated carbocycles. The van der Waals surface area contributed by atoms with Crippen LogP contribution in [0, 0.1) is 10.1 Å². The van der Waals surface area contributed by atoms with Crippen LogP contribution in [-0.4, -0.2) is 31.7 Å². The molecule has 0 aromatic heterocycles. The molecule has 0 unspecified atom stereocenters. The van der Waals surface area contributed by atoms with Crippen LogP contribution >= 0.6 is 0 Å². The van der Waals surface area contributed by atoms with Crippen molar-refractivity contribution in [2.24, 2.45) is 0 Å². The molecule has 1 aromatic rings. The van der Waals surface area contributed by atoms with Gasteiger partial charge in [0.15, 0.2) is 6.29 Å². The Morgan fingerprint density at radius 2 is 2.18 bits per heavy atom. The summed E-state index contributed by atoms with van der Waals surface area (Å²) in [5.41, 5.74) is 0.311. The predicted octanol–water partition coefficient (Wildman–Crippen LogP) is 1.09. The molecule has 1 aromatic carbocycles. The van der Waals surface area contributed by atoms with Crippen molar-refractivity contribution in [2.45, 2.75) is 0 Å². The summed E-state index contributed by atoms with van der Waals surface area (Å²) < 4.78 is 10.1.